The fraction of sp³-hybridized carbons (Fsp3) is 0.316. The Morgan fingerprint density at radius 2 is 1.92 bits per heavy atom. The first kappa shape index (κ1) is 18.3. The molecule has 0 aliphatic rings. The van der Waals surface area contributed by atoms with Crippen LogP contribution >= 0.6 is 11.8 Å². The van der Waals surface area contributed by atoms with Crippen molar-refractivity contribution < 1.29 is 4.79 Å². The first-order chi connectivity index (χ1) is 12.5. The lowest BCUT2D eigenvalue weighted by Gasteiger charge is -2.22. The third-order valence-electron chi connectivity index (χ3n) is 4.21. The van der Waals surface area contributed by atoms with E-state index in [0.29, 0.717) is 17.5 Å². The molecule has 0 aliphatic heterocycles. The summed E-state index contributed by atoms with van der Waals surface area (Å²) in [5, 5.41) is 10.9. The zero-order chi connectivity index (χ0) is 18.7. The molecular formula is C19H23N5OS. The van der Waals surface area contributed by atoms with E-state index in [2.05, 4.69) is 22.3 Å². The first-order valence-corrected chi connectivity index (χ1v) is 9.62. The Kier molecular flexibility index (Phi) is 5.46. The summed E-state index contributed by atoms with van der Waals surface area (Å²) >= 11 is 1.31. The number of anilines is 1. The number of rotatable bonds is 6. The van der Waals surface area contributed by atoms with E-state index in [-0.39, 0.29) is 17.6 Å². The van der Waals surface area contributed by atoms with Crippen LogP contribution < -0.4 is 10.7 Å². The number of fused-ring (bicyclic) bond motifs is 1. The number of thioether (sulfide) groups is 1. The topological polar surface area (TPSA) is 77.0 Å². The SMILES string of the molecule is CCN(C(=O)CSc1nnc(C(C)C)n1N)c1cccc2ccccc12. The summed E-state index contributed by atoms with van der Waals surface area (Å²) in [4.78, 5) is 14.7. The van der Waals surface area contributed by atoms with Crippen LogP contribution in [0.4, 0.5) is 5.69 Å². The van der Waals surface area contributed by atoms with Crippen LogP contribution in [0.25, 0.3) is 10.8 Å². The molecule has 136 valence electrons. The molecule has 3 aromatic rings. The van der Waals surface area contributed by atoms with Gasteiger partial charge in [-0.05, 0) is 18.4 Å². The molecule has 0 bridgehead atoms. The molecular weight excluding hydrogens is 346 g/mol. The van der Waals surface area contributed by atoms with Crippen LogP contribution in [0.5, 0.6) is 0 Å². The van der Waals surface area contributed by atoms with Crippen molar-refractivity contribution in [1.82, 2.24) is 14.9 Å². The number of benzene rings is 2. The largest absolute Gasteiger partial charge is 0.336 e. The fourth-order valence-corrected chi connectivity index (χ4v) is 3.65. The van der Waals surface area contributed by atoms with Crippen molar-refractivity contribution in [2.24, 2.45) is 0 Å². The number of nitrogens with two attached hydrogens (primary N) is 1. The third-order valence-corrected chi connectivity index (χ3v) is 5.13. The summed E-state index contributed by atoms with van der Waals surface area (Å²) in [7, 11) is 0. The van der Waals surface area contributed by atoms with Crippen LogP contribution in [0.15, 0.2) is 47.6 Å². The maximum Gasteiger partial charge on any atom is 0.237 e. The van der Waals surface area contributed by atoms with Gasteiger partial charge in [0.2, 0.25) is 11.1 Å². The van der Waals surface area contributed by atoms with Crippen LogP contribution in [0.2, 0.25) is 0 Å². The van der Waals surface area contributed by atoms with Gasteiger partial charge >= 0.3 is 0 Å². The van der Waals surface area contributed by atoms with Crippen molar-refractivity contribution in [2.75, 3.05) is 23.0 Å². The molecule has 0 radical (unpaired) electrons. The van der Waals surface area contributed by atoms with Gasteiger partial charge in [0.05, 0.1) is 11.4 Å². The first-order valence-electron chi connectivity index (χ1n) is 8.64. The summed E-state index contributed by atoms with van der Waals surface area (Å²) < 4.78 is 1.47. The van der Waals surface area contributed by atoms with Crippen LogP contribution in [0, 0.1) is 0 Å². The van der Waals surface area contributed by atoms with E-state index >= 15 is 0 Å². The van der Waals surface area contributed by atoms with E-state index < -0.39 is 0 Å². The molecule has 0 fully saturated rings. The molecule has 0 atom stereocenters. The highest BCUT2D eigenvalue weighted by atomic mass is 32.2. The predicted octanol–water partition coefficient (Wildman–Crippen LogP) is 3.41. The number of hydrogen-bond acceptors (Lipinski definition) is 5. The highest BCUT2D eigenvalue weighted by Gasteiger charge is 2.19. The summed E-state index contributed by atoms with van der Waals surface area (Å²) in [5.74, 6) is 7.19. The number of aromatic nitrogens is 3. The van der Waals surface area contributed by atoms with Gasteiger partial charge in [-0.1, -0.05) is 62.0 Å². The van der Waals surface area contributed by atoms with Gasteiger partial charge < -0.3 is 10.7 Å². The molecule has 0 unspecified atom stereocenters. The lowest BCUT2D eigenvalue weighted by molar-refractivity contribution is -0.116. The number of hydrogen-bond donors (Lipinski definition) is 1. The lowest BCUT2D eigenvalue weighted by Crippen LogP contribution is -2.32. The number of carbonyl (C=O) groups is 1. The quantitative estimate of drug-likeness (QED) is 0.532. The van der Waals surface area contributed by atoms with Gasteiger partial charge in [-0.2, -0.15) is 0 Å². The predicted molar refractivity (Wildman–Crippen MR) is 107 cm³/mol. The van der Waals surface area contributed by atoms with E-state index in [1.165, 1.54) is 16.4 Å². The molecule has 7 heteroatoms. The number of nitrogens with zero attached hydrogens (tertiary/aromatic N) is 4. The van der Waals surface area contributed by atoms with E-state index in [1.54, 1.807) is 4.90 Å². The molecule has 1 aromatic heterocycles. The van der Waals surface area contributed by atoms with Gasteiger partial charge in [-0.3, -0.25) is 4.79 Å². The molecule has 0 spiro atoms. The second-order valence-corrected chi connectivity index (χ2v) is 7.23. The van der Waals surface area contributed by atoms with Gasteiger partial charge in [0.15, 0.2) is 5.82 Å². The Bertz CT molecular complexity index is 916. The average molecular weight is 369 g/mol. The standard InChI is InChI=1S/C19H23N5OS/c1-4-23(16-11-7-9-14-8-5-6-10-15(14)16)17(25)12-26-19-22-21-18(13(2)3)24(19)20/h5-11,13H,4,12,20H2,1-3H3. The number of carbonyl (C=O) groups excluding carboxylic acids is 1. The van der Waals surface area contributed by atoms with E-state index in [1.807, 2.05) is 51.1 Å². The summed E-state index contributed by atoms with van der Waals surface area (Å²) in [6.45, 7) is 6.59. The summed E-state index contributed by atoms with van der Waals surface area (Å²) in [6.07, 6.45) is 0. The molecule has 1 amide bonds. The van der Waals surface area contributed by atoms with Gasteiger partial charge in [-0.25, -0.2) is 4.68 Å². The molecule has 0 aliphatic carbocycles. The van der Waals surface area contributed by atoms with Gasteiger partial charge in [0, 0.05) is 17.8 Å². The fourth-order valence-electron chi connectivity index (χ4n) is 2.91. The van der Waals surface area contributed by atoms with E-state index in [4.69, 9.17) is 5.84 Å². The maximum absolute atomic E-state index is 12.9. The molecule has 0 saturated heterocycles. The van der Waals surface area contributed by atoms with E-state index in [0.717, 1.165) is 16.5 Å². The monoisotopic (exact) mass is 369 g/mol. The van der Waals surface area contributed by atoms with Crippen LogP contribution in [-0.4, -0.2) is 33.1 Å². The lowest BCUT2D eigenvalue weighted by atomic mass is 10.1. The van der Waals surface area contributed by atoms with Crippen molar-refractivity contribution in [3.05, 3.63) is 48.3 Å². The van der Waals surface area contributed by atoms with Crippen molar-refractivity contribution >= 4 is 34.1 Å². The van der Waals surface area contributed by atoms with Crippen molar-refractivity contribution in [3.63, 3.8) is 0 Å². The summed E-state index contributed by atoms with van der Waals surface area (Å²) in [5.41, 5.74) is 0.924. The molecule has 2 N–H and O–H groups in total. The molecule has 2 aromatic carbocycles. The van der Waals surface area contributed by atoms with Crippen LogP contribution in [-0.2, 0) is 4.79 Å². The van der Waals surface area contributed by atoms with Gasteiger partial charge in [0.25, 0.3) is 0 Å². The Labute approximate surface area is 157 Å². The Morgan fingerprint density at radius 3 is 2.62 bits per heavy atom. The maximum atomic E-state index is 12.9. The molecule has 1 heterocycles. The Balaban J connectivity index is 1.79. The Hall–Kier alpha value is -2.54. The smallest absolute Gasteiger partial charge is 0.237 e. The van der Waals surface area contributed by atoms with Crippen molar-refractivity contribution in [2.45, 2.75) is 31.8 Å². The highest BCUT2D eigenvalue weighted by molar-refractivity contribution is 7.99. The Morgan fingerprint density at radius 1 is 1.19 bits per heavy atom. The number of nitrogen functional groups attached to an aromatic ring is 1. The molecule has 3 rings (SSSR count). The highest BCUT2D eigenvalue weighted by Crippen LogP contribution is 2.28. The normalized spacial score (nSPS) is 11.2. The molecule has 6 nitrogen and oxygen atoms in total. The van der Waals surface area contributed by atoms with Gasteiger partial charge in [0.1, 0.15) is 0 Å². The second-order valence-electron chi connectivity index (χ2n) is 6.29. The second kappa shape index (κ2) is 7.78. The molecule has 26 heavy (non-hydrogen) atoms. The number of amides is 1. The zero-order valence-corrected chi connectivity index (χ0v) is 16.0. The minimum absolute atomic E-state index is 0.0166. The average Bonchev–Trinajstić information content (AvgIpc) is 3.01. The van der Waals surface area contributed by atoms with Crippen LogP contribution in [0.1, 0.15) is 32.5 Å². The van der Waals surface area contributed by atoms with E-state index in [9.17, 15) is 4.79 Å². The van der Waals surface area contributed by atoms with Crippen molar-refractivity contribution in [1.29, 1.82) is 0 Å². The van der Waals surface area contributed by atoms with Crippen LogP contribution in [0.3, 0.4) is 0 Å². The molecule has 0 saturated carbocycles. The zero-order valence-electron chi connectivity index (χ0n) is 15.2. The third kappa shape index (κ3) is 3.53. The van der Waals surface area contributed by atoms with Crippen molar-refractivity contribution in [3.8, 4) is 0 Å². The minimum Gasteiger partial charge on any atom is -0.336 e. The van der Waals surface area contributed by atoms with Gasteiger partial charge in [-0.15, -0.1) is 10.2 Å². The summed E-state index contributed by atoms with van der Waals surface area (Å²) in [6, 6.07) is 14.1. The minimum atomic E-state index is 0.0166.